The maximum absolute atomic E-state index is 12.6. The molecule has 0 bridgehead atoms. The van der Waals surface area contributed by atoms with Crippen molar-refractivity contribution in [1.82, 2.24) is 0 Å². The second-order valence-corrected chi connectivity index (χ2v) is 5.05. The number of hydrogen-bond acceptors (Lipinski definition) is 3. The van der Waals surface area contributed by atoms with E-state index in [2.05, 4.69) is 5.32 Å². The van der Waals surface area contributed by atoms with Crippen molar-refractivity contribution in [1.29, 1.82) is 0 Å². The molecular formula is C17H16F3NO3. The van der Waals surface area contributed by atoms with Crippen LogP contribution in [0.1, 0.15) is 16.7 Å². The molecule has 2 aromatic carbocycles. The Bertz CT molecular complexity index is 729. The van der Waals surface area contributed by atoms with Crippen molar-refractivity contribution < 1.29 is 27.4 Å². The number of halogens is 3. The zero-order valence-electron chi connectivity index (χ0n) is 13.1. The summed E-state index contributed by atoms with van der Waals surface area (Å²) in [6.07, 6.45) is -5.32. The lowest BCUT2D eigenvalue weighted by atomic mass is 10.1. The third kappa shape index (κ3) is 4.41. The molecule has 0 radical (unpaired) electrons. The molecular weight excluding hydrogens is 323 g/mol. The summed E-state index contributed by atoms with van der Waals surface area (Å²) in [4.78, 5) is 11.8. The first-order valence-corrected chi connectivity index (χ1v) is 7.05. The van der Waals surface area contributed by atoms with Crippen LogP contribution in [0.5, 0.6) is 5.75 Å². The van der Waals surface area contributed by atoms with Gasteiger partial charge in [-0.25, -0.2) is 4.79 Å². The predicted molar refractivity (Wildman–Crippen MR) is 83.0 cm³/mol. The van der Waals surface area contributed by atoms with Crippen LogP contribution in [0.3, 0.4) is 0 Å². The average molecular weight is 339 g/mol. The molecule has 0 aliphatic rings. The Kier molecular flexibility index (Phi) is 5.33. The van der Waals surface area contributed by atoms with E-state index in [9.17, 15) is 18.0 Å². The number of rotatable bonds is 4. The molecule has 0 atom stereocenters. The first kappa shape index (κ1) is 17.7. The Morgan fingerprint density at radius 3 is 2.54 bits per heavy atom. The van der Waals surface area contributed by atoms with E-state index in [0.717, 1.165) is 17.7 Å². The maximum Gasteiger partial charge on any atom is 0.416 e. The summed E-state index contributed by atoms with van der Waals surface area (Å²) in [6.45, 7) is 1.79. The summed E-state index contributed by atoms with van der Waals surface area (Å²) in [6, 6.07) is 9.71. The number of carbonyl (C=O) groups is 1. The topological polar surface area (TPSA) is 47.6 Å². The summed E-state index contributed by atoms with van der Waals surface area (Å²) in [5.41, 5.74) is 0.709. The summed E-state index contributed by atoms with van der Waals surface area (Å²) >= 11 is 0. The molecule has 0 spiro atoms. The minimum atomic E-state index is -4.48. The van der Waals surface area contributed by atoms with Crippen molar-refractivity contribution in [2.45, 2.75) is 19.7 Å². The normalized spacial score (nSPS) is 11.0. The number of ether oxygens (including phenoxy) is 2. The van der Waals surface area contributed by atoms with Crippen molar-refractivity contribution in [2.75, 3.05) is 12.4 Å². The van der Waals surface area contributed by atoms with Gasteiger partial charge in [0.05, 0.1) is 12.7 Å². The molecule has 24 heavy (non-hydrogen) atoms. The highest BCUT2D eigenvalue weighted by molar-refractivity contribution is 5.84. The van der Waals surface area contributed by atoms with Gasteiger partial charge in [0, 0.05) is 11.3 Å². The average Bonchev–Trinajstić information content (AvgIpc) is 2.52. The summed E-state index contributed by atoms with van der Waals surface area (Å²) < 4.78 is 48.2. The van der Waals surface area contributed by atoms with E-state index in [1.165, 1.54) is 19.2 Å². The molecule has 1 N–H and O–H groups in total. The van der Waals surface area contributed by atoms with Crippen LogP contribution in [0.2, 0.25) is 0 Å². The second kappa shape index (κ2) is 7.25. The number of anilines is 1. The number of alkyl halides is 3. The molecule has 1 amide bonds. The number of amides is 1. The van der Waals surface area contributed by atoms with Gasteiger partial charge in [-0.05, 0) is 30.7 Å². The summed E-state index contributed by atoms with van der Waals surface area (Å²) in [5.74, 6) is 0.601. The van der Waals surface area contributed by atoms with E-state index < -0.39 is 17.8 Å². The smallest absolute Gasteiger partial charge is 0.416 e. The zero-order chi connectivity index (χ0) is 17.7. The van der Waals surface area contributed by atoms with Crippen molar-refractivity contribution in [3.63, 3.8) is 0 Å². The fourth-order valence-corrected chi connectivity index (χ4v) is 2.19. The predicted octanol–water partition coefficient (Wildman–Crippen LogP) is 4.77. The van der Waals surface area contributed by atoms with Crippen LogP contribution < -0.4 is 10.1 Å². The highest BCUT2D eigenvalue weighted by Crippen LogP contribution is 2.30. The van der Waals surface area contributed by atoms with Crippen molar-refractivity contribution in [2.24, 2.45) is 0 Å². The van der Waals surface area contributed by atoms with Crippen LogP contribution in [0, 0.1) is 6.92 Å². The molecule has 0 saturated heterocycles. The lowest BCUT2D eigenvalue weighted by Crippen LogP contribution is -2.14. The van der Waals surface area contributed by atoms with Gasteiger partial charge in [0.25, 0.3) is 0 Å². The van der Waals surface area contributed by atoms with Crippen LogP contribution >= 0.6 is 0 Å². The molecule has 4 nitrogen and oxygen atoms in total. The maximum atomic E-state index is 12.6. The third-order valence-electron chi connectivity index (χ3n) is 3.29. The SMILES string of the molecule is COc1c(C)cccc1COC(=O)Nc1cccc(C(F)(F)F)c1. The van der Waals surface area contributed by atoms with Crippen LogP contribution in [0.25, 0.3) is 0 Å². The highest BCUT2D eigenvalue weighted by atomic mass is 19.4. The number of hydrogen-bond donors (Lipinski definition) is 1. The molecule has 0 fully saturated rings. The zero-order valence-corrected chi connectivity index (χ0v) is 13.1. The van der Waals surface area contributed by atoms with Gasteiger partial charge in [-0.2, -0.15) is 13.2 Å². The van der Waals surface area contributed by atoms with Crippen molar-refractivity contribution in [3.05, 3.63) is 59.2 Å². The molecule has 0 unspecified atom stereocenters. The molecule has 0 aliphatic carbocycles. The van der Waals surface area contributed by atoms with Gasteiger partial charge in [0.1, 0.15) is 12.4 Å². The van der Waals surface area contributed by atoms with Crippen LogP contribution in [-0.2, 0) is 17.5 Å². The van der Waals surface area contributed by atoms with Crippen LogP contribution in [-0.4, -0.2) is 13.2 Å². The first-order valence-electron chi connectivity index (χ1n) is 7.05. The molecule has 0 aromatic heterocycles. The van der Waals surface area contributed by atoms with E-state index in [1.54, 1.807) is 12.1 Å². The second-order valence-electron chi connectivity index (χ2n) is 5.05. The molecule has 2 aromatic rings. The number of methoxy groups -OCH3 is 1. The van der Waals surface area contributed by atoms with Gasteiger partial charge >= 0.3 is 12.3 Å². The lowest BCUT2D eigenvalue weighted by Gasteiger charge is -2.13. The summed E-state index contributed by atoms with van der Waals surface area (Å²) in [5, 5.41) is 2.27. The molecule has 128 valence electrons. The van der Waals surface area contributed by atoms with Crippen molar-refractivity contribution in [3.8, 4) is 5.75 Å². The number of para-hydroxylation sites is 1. The Morgan fingerprint density at radius 2 is 1.88 bits per heavy atom. The number of carbonyl (C=O) groups excluding carboxylic acids is 1. The van der Waals surface area contributed by atoms with Crippen LogP contribution in [0.15, 0.2) is 42.5 Å². The van der Waals surface area contributed by atoms with Crippen molar-refractivity contribution >= 4 is 11.8 Å². The lowest BCUT2D eigenvalue weighted by molar-refractivity contribution is -0.137. The third-order valence-corrected chi connectivity index (χ3v) is 3.29. The minimum Gasteiger partial charge on any atom is -0.496 e. The molecule has 0 heterocycles. The minimum absolute atomic E-state index is 0.00559. The first-order chi connectivity index (χ1) is 11.3. The van der Waals surface area contributed by atoms with Gasteiger partial charge < -0.3 is 9.47 Å². The monoisotopic (exact) mass is 339 g/mol. The summed E-state index contributed by atoms with van der Waals surface area (Å²) in [7, 11) is 1.51. The van der Waals surface area contributed by atoms with E-state index in [-0.39, 0.29) is 12.3 Å². The number of aryl methyl sites for hydroxylation is 1. The van der Waals surface area contributed by atoms with E-state index >= 15 is 0 Å². The highest BCUT2D eigenvalue weighted by Gasteiger charge is 2.30. The number of nitrogens with one attached hydrogen (secondary N) is 1. The van der Waals surface area contributed by atoms with Gasteiger partial charge in [-0.3, -0.25) is 5.32 Å². The van der Waals surface area contributed by atoms with Gasteiger partial charge in [0.2, 0.25) is 0 Å². The Balaban J connectivity index is 2.01. The quantitative estimate of drug-likeness (QED) is 0.873. The molecule has 0 aliphatic heterocycles. The van der Waals surface area contributed by atoms with Crippen LogP contribution in [0.4, 0.5) is 23.7 Å². The fraction of sp³-hybridized carbons (Fsp3) is 0.235. The Hall–Kier alpha value is -2.70. The molecule has 2 rings (SSSR count). The Morgan fingerprint density at radius 1 is 1.17 bits per heavy atom. The van der Waals surface area contributed by atoms with Gasteiger partial charge in [-0.15, -0.1) is 0 Å². The molecule has 0 saturated carbocycles. The largest absolute Gasteiger partial charge is 0.496 e. The van der Waals surface area contributed by atoms with E-state index in [0.29, 0.717) is 11.3 Å². The van der Waals surface area contributed by atoms with Gasteiger partial charge in [-0.1, -0.05) is 24.3 Å². The Labute approximate surface area is 137 Å². The fourth-order valence-electron chi connectivity index (χ4n) is 2.19. The standard InChI is InChI=1S/C17H16F3NO3/c1-11-5-3-6-12(15(11)23-2)10-24-16(22)21-14-8-4-7-13(9-14)17(18,19)20/h3-9H,10H2,1-2H3,(H,21,22). The number of benzene rings is 2. The molecule has 7 heteroatoms. The van der Waals surface area contributed by atoms with Gasteiger partial charge in [0.15, 0.2) is 0 Å². The van der Waals surface area contributed by atoms with E-state index in [1.807, 2.05) is 13.0 Å². The van der Waals surface area contributed by atoms with E-state index in [4.69, 9.17) is 9.47 Å².